The highest BCUT2D eigenvalue weighted by Crippen LogP contribution is 2.40. The van der Waals surface area contributed by atoms with Crippen LogP contribution in [0.5, 0.6) is 5.75 Å². The van der Waals surface area contributed by atoms with Crippen molar-refractivity contribution < 1.29 is 14.2 Å². The summed E-state index contributed by atoms with van der Waals surface area (Å²) < 4.78 is 20.4. The van der Waals surface area contributed by atoms with Gasteiger partial charge in [0.05, 0.1) is 11.6 Å². The van der Waals surface area contributed by atoms with Crippen molar-refractivity contribution in [3.63, 3.8) is 0 Å². The van der Waals surface area contributed by atoms with Crippen molar-refractivity contribution in [2.45, 2.75) is 38.3 Å². The van der Waals surface area contributed by atoms with Crippen LogP contribution in [0.3, 0.4) is 0 Å². The minimum absolute atomic E-state index is 0. The zero-order chi connectivity index (χ0) is 25.1. The molecule has 2 atom stereocenters. The Morgan fingerprint density at radius 3 is 2.49 bits per heavy atom. The number of ether oxygens (including phenoxy) is 3. The van der Waals surface area contributed by atoms with Crippen LogP contribution in [0, 0.1) is 0 Å². The van der Waals surface area contributed by atoms with Gasteiger partial charge in [0.2, 0.25) is 5.79 Å². The Morgan fingerprint density at radius 2 is 1.84 bits per heavy atom. The fourth-order valence-corrected chi connectivity index (χ4v) is 5.27. The van der Waals surface area contributed by atoms with Crippen molar-refractivity contribution in [3.8, 4) is 5.75 Å². The highest BCUT2D eigenvalue weighted by Gasteiger charge is 2.45. The van der Waals surface area contributed by atoms with Gasteiger partial charge < -0.3 is 19.1 Å². The summed E-state index contributed by atoms with van der Waals surface area (Å²) in [6.07, 6.45) is 2.80. The first-order chi connectivity index (χ1) is 17.4. The van der Waals surface area contributed by atoms with Crippen LogP contribution in [0.2, 0.25) is 10.0 Å². The third-order valence-electron chi connectivity index (χ3n) is 6.72. The maximum absolute atomic E-state index is 6.53. The normalized spacial score (nSPS) is 22.3. The molecule has 0 aliphatic carbocycles. The number of piperazine rings is 1. The average Bonchev–Trinajstić information content (AvgIpc) is 3.54. The summed E-state index contributed by atoms with van der Waals surface area (Å²) >= 11 is 12.7. The molecule has 3 aromatic rings. The first-order valence-corrected chi connectivity index (χ1v) is 13.0. The van der Waals surface area contributed by atoms with Gasteiger partial charge in [0.25, 0.3) is 0 Å². The summed E-state index contributed by atoms with van der Waals surface area (Å²) in [5, 5.41) is 5.22. The Bertz CT molecular complexity index is 1140. The first kappa shape index (κ1) is 28.0. The van der Waals surface area contributed by atoms with Crippen molar-refractivity contribution in [3.05, 3.63) is 70.7 Å². The molecular formula is C26H32Cl3N5O3. The molecule has 11 heteroatoms. The smallest absolute Gasteiger partial charge is 0.217 e. The second-order valence-corrected chi connectivity index (χ2v) is 10.3. The summed E-state index contributed by atoms with van der Waals surface area (Å²) in [4.78, 5) is 8.96. The standard InChI is InChI=1S/C26H31Cl2N5O3.ClH/c1-19(2)31-9-11-32(12-10-31)21-4-6-22(7-5-21)34-14-23-15-35-26(36-23,16-33-18-29-17-30-33)24-8-3-20(27)13-25(24)28;/h3-8,13,17-19,23H,9-12,14-16H2,1-2H3;1H/t23-,26-;/m0./s1. The number of halogens is 3. The van der Waals surface area contributed by atoms with Crippen molar-refractivity contribution in [2.75, 3.05) is 44.3 Å². The van der Waals surface area contributed by atoms with Crippen LogP contribution in [0.25, 0.3) is 0 Å². The zero-order valence-corrected chi connectivity index (χ0v) is 23.3. The van der Waals surface area contributed by atoms with Gasteiger partial charge in [0, 0.05) is 48.5 Å². The fraction of sp³-hybridized carbons (Fsp3) is 0.462. The minimum atomic E-state index is -1.12. The fourth-order valence-electron chi connectivity index (χ4n) is 4.72. The molecule has 0 radical (unpaired) electrons. The Balaban J connectivity index is 0.00000320. The van der Waals surface area contributed by atoms with E-state index in [-0.39, 0.29) is 18.5 Å². The number of benzene rings is 2. The Kier molecular flexibility index (Phi) is 9.21. The van der Waals surface area contributed by atoms with Crippen LogP contribution in [-0.4, -0.2) is 71.2 Å². The Morgan fingerprint density at radius 1 is 1.08 bits per heavy atom. The van der Waals surface area contributed by atoms with E-state index in [1.807, 2.05) is 18.2 Å². The largest absolute Gasteiger partial charge is 0.491 e. The molecule has 0 spiro atoms. The van der Waals surface area contributed by atoms with Gasteiger partial charge in [-0.15, -0.1) is 12.4 Å². The van der Waals surface area contributed by atoms with Gasteiger partial charge >= 0.3 is 0 Å². The number of hydrogen-bond donors (Lipinski definition) is 0. The highest BCUT2D eigenvalue weighted by atomic mass is 35.5. The SMILES string of the molecule is CC(C)N1CCN(c2ccc(OC[C@H]3CO[C@](Cn4cncn4)(c4ccc(Cl)cc4Cl)O3)cc2)CC1.Cl. The van der Waals surface area contributed by atoms with E-state index < -0.39 is 5.79 Å². The van der Waals surface area contributed by atoms with E-state index in [0.717, 1.165) is 31.9 Å². The van der Waals surface area contributed by atoms with Crippen LogP contribution in [0.15, 0.2) is 55.1 Å². The van der Waals surface area contributed by atoms with Gasteiger partial charge in [-0.2, -0.15) is 5.10 Å². The number of anilines is 1. The van der Waals surface area contributed by atoms with Crippen LogP contribution in [0.4, 0.5) is 5.69 Å². The Hall–Kier alpha value is -2.07. The lowest BCUT2D eigenvalue weighted by atomic mass is 10.1. The third kappa shape index (κ3) is 6.50. The van der Waals surface area contributed by atoms with E-state index in [2.05, 4.69) is 45.9 Å². The first-order valence-electron chi connectivity index (χ1n) is 12.2. The van der Waals surface area contributed by atoms with Gasteiger partial charge in [0.1, 0.15) is 37.7 Å². The van der Waals surface area contributed by atoms with E-state index in [0.29, 0.717) is 41.4 Å². The molecule has 3 heterocycles. The predicted molar refractivity (Wildman–Crippen MR) is 147 cm³/mol. The van der Waals surface area contributed by atoms with Crippen molar-refractivity contribution in [2.24, 2.45) is 0 Å². The van der Waals surface area contributed by atoms with E-state index in [4.69, 9.17) is 37.4 Å². The van der Waals surface area contributed by atoms with Crippen LogP contribution in [0.1, 0.15) is 19.4 Å². The topological polar surface area (TPSA) is 64.9 Å². The van der Waals surface area contributed by atoms with Gasteiger partial charge in [-0.3, -0.25) is 4.90 Å². The lowest BCUT2D eigenvalue weighted by Gasteiger charge is -2.38. The van der Waals surface area contributed by atoms with Gasteiger partial charge in [-0.05, 0) is 50.2 Å². The minimum Gasteiger partial charge on any atom is -0.491 e. The summed E-state index contributed by atoms with van der Waals surface area (Å²) in [5.74, 6) is -0.327. The molecule has 2 saturated heterocycles. The van der Waals surface area contributed by atoms with E-state index in [1.165, 1.54) is 12.0 Å². The van der Waals surface area contributed by atoms with Gasteiger partial charge in [-0.1, -0.05) is 29.3 Å². The molecule has 8 nitrogen and oxygen atoms in total. The molecule has 0 bridgehead atoms. The summed E-state index contributed by atoms with van der Waals surface area (Å²) in [6, 6.07) is 14.1. The zero-order valence-electron chi connectivity index (χ0n) is 20.9. The lowest BCUT2D eigenvalue weighted by molar-refractivity contribution is -0.190. The number of hydrogen-bond acceptors (Lipinski definition) is 7. The molecule has 2 fully saturated rings. The second-order valence-electron chi connectivity index (χ2n) is 9.44. The van der Waals surface area contributed by atoms with Crippen molar-refractivity contribution >= 4 is 41.3 Å². The van der Waals surface area contributed by atoms with Crippen LogP contribution < -0.4 is 9.64 Å². The molecule has 5 rings (SSSR count). The lowest BCUT2D eigenvalue weighted by Crippen LogP contribution is -2.48. The molecule has 0 amide bonds. The van der Waals surface area contributed by atoms with E-state index in [1.54, 1.807) is 23.1 Å². The Labute approximate surface area is 233 Å². The molecule has 200 valence electrons. The maximum atomic E-state index is 6.53. The number of aromatic nitrogens is 3. The molecule has 2 aliphatic rings. The number of nitrogens with zero attached hydrogens (tertiary/aromatic N) is 5. The highest BCUT2D eigenvalue weighted by molar-refractivity contribution is 6.35. The molecule has 0 unspecified atom stereocenters. The van der Waals surface area contributed by atoms with Gasteiger partial charge in [0.15, 0.2) is 0 Å². The maximum Gasteiger partial charge on any atom is 0.217 e. The van der Waals surface area contributed by atoms with Crippen molar-refractivity contribution in [1.82, 2.24) is 19.7 Å². The molecule has 2 aromatic carbocycles. The molecule has 0 saturated carbocycles. The molecule has 37 heavy (non-hydrogen) atoms. The molecular weight excluding hydrogens is 537 g/mol. The summed E-state index contributed by atoms with van der Waals surface area (Å²) in [6.45, 7) is 9.74. The summed E-state index contributed by atoms with van der Waals surface area (Å²) in [7, 11) is 0. The van der Waals surface area contributed by atoms with Crippen LogP contribution >= 0.6 is 35.6 Å². The van der Waals surface area contributed by atoms with Gasteiger partial charge in [-0.25, -0.2) is 9.67 Å². The quantitative estimate of drug-likeness (QED) is 0.384. The average molecular weight is 569 g/mol. The third-order valence-corrected chi connectivity index (χ3v) is 7.27. The monoisotopic (exact) mass is 567 g/mol. The molecule has 2 aliphatic heterocycles. The van der Waals surface area contributed by atoms with Crippen LogP contribution in [-0.2, 0) is 21.8 Å². The van der Waals surface area contributed by atoms with Crippen molar-refractivity contribution in [1.29, 1.82) is 0 Å². The second kappa shape index (κ2) is 12.2. The predicted octanol–water partition coefficient (Wildman–Crippen LogP) is 4.88. The van der Waals surface area contributed by atoms with E-state index in [9.17, 15) is 0 Å². The van der Waals surface area contributed by atoms with E-state index >= 15 is 0 Å². The number of rotatable bonds is 8. The molecule has 0 N–H and O–H groups in total. The summed E-state index contributed by atoms with van der Waals surface area (Å²) in [5.41, 5.74) is 1.91. The molecule has 1 aromatic heterocycles.